The lowest BCUT2D eigenvalue weighted by Gasteiger charge is -2.19. The van der Waals surface area contributed by atoms with Crippen molar-refractivity contribution in [2.75, 3.05) is 0 Å². The van der Waals surface area contributed by atoms with Crippen LogP contribution >= 0.6 is 0 Å². The van der Waals surface area contributed by atoms with Gasteiger partial charge in [0.2, 0.25) is 0 Å². The predicted octanol–water partition coefficient (Wildman–Crippen LogP) is 4.06. The summed E-state index contributed by atoms with van der Waals surface area (Å²) in [5, 5.41) is 0. The molecule has 25 heavy (non-hydrogen) atoms. The van der Waals surface area contributed by atoms with E-state index in [1.54, 1.807) is 43.3 Å². The molecule has 1 atom stereocenters. The summed E-state index contributed by atoms with van der Waals surface area (Å²) >= 11 is 0. The summed E-state index contributed by atoms with van der Waals surface area (Å²) < 4.78 is 11.9. The molecule has 0 aliphatic rings. The summed E-state index contributed by atoms with van der Waals surface area (Å²) in [7, 11) is 0. The molecule has 1 unspecified atom stereocenters. The molecule has 0 aliphatic heterocycles. The van der Waals surface area contributed by atoms with Gasteiger partial charge < -0.3 is 9.15 Å². The average Bonchev–Trinajstić information content (AvgIpc) is 2.89. The number of fused-ring (bicyclic) bond motifs is 1. The van der Waals surface area contributed by atoms with Crippen molar-refractivity contribution < 1.29 is 13.9 Å². The minimum Gasteiger partial charge on any atom is -0.425 e. The number of ether oxygens (including phenoxy) is 1. The van der Waals surface area contributed by atoms with Gasteiger partial charge in [-0.15, -0.1) is 0 Å². The number of aromatic nitrogens is 1. The van der Waals surface area contributed by atoms with Gasteiger partial charge in [-0.05, 0) is 42.2 Å². The van der Waals surface area contributed by atoms with Gasteiger partial charge in [-0.1, -0.05) is 45.0 Å². The maximum absolute atomic E-state index is 12.5. The van der Waals surface area contributed by atoms with E-state index in [0.29, 0.717) is 16.8 Å². The second kappa shape index (κ2) is 6.24. The van der Waals surface area contributed by atoms with Crippen molar-refractivity contribution >= 4 is 17.1 Å². The van der Waals surface area contributed by atoms with Gasteiger partial charge in [0.25, 0.3) is 0 Å². The number of rotatable bonds is 3. The molecule has 0 radical (unpaired) electrons. The van der Waals surface area contributed by atoms with Gasteiger partial charge in [-0.25, -0.2) is 9.59 Å². The highest BCUT2D eigenvalue weighted by atomic mass is 16.5. The largest absolute Gasteiger partial charge is 0.425 e. The van der Waals surface area contributed by atoms with E-state index in [0.717, 1.165) is 5.56 Å². The molecule has 0 fully saturated rings. The van der Waals surface area contributed by atoms with Crippen molar-refractivity contribution in [3.8, 4) is 5.75 Å². The minimum atomic E-state index is -0.793. The number of benzene rings is 2. The third kappa shape index (κ3) is 3.36. The predicted molar refractivity (Wildman–Crippen MR) is 96.0 cm³/mol. The Morgan fingerprint density at radius 3 is 2.36 bits per heavy atom. The maximum atomic E-state index is 12.5. The maximum Gasteiger partial charge on any atom is 0.420 e. The summed E-state index contributed by atoms with van der Waals surface area (Å²) in [6, 6.07) is 13.6. The van der Waals surface area contributed by atoms with Gasteiger partial charge in [-0.2, -0.15) is 0 Å². The highest BCUT2D eigenvalue weighted by molar-refractivity contribution is 5.80. The van der Waals surface area contributed by atoms with Crippen LogP contribution in [-0.4, -0.2) is 10.5 Å². The van der Waals surface area contributed by atoms with Crippen LogP contribution in [0.25, 0.3) is 11.1 Å². The van der Waals surface area contributed by atoms with E-state index >= 15 is 0 Å². The van der Waals surface area contributed by atoms with Gasteiger partial charge in [0.1, 0.15) is 11.8 Å². The molecule has 3 aromatic rings. The average molecular weight is 339 g/mol. The zero-order valence-corrected chi connectivity index (χ0v) is 14.8. The molecule has 0 spiro atoms. The van der Waals surface area contributed by atoms with Gasteiger partial charge in [0.05, 0.1) is 5.52 Å². The Balaban J connectivity index is 1.83. The van der Waals surface area contributed by atoms with E-state index in [-0.39, 0.29) is 5.41 Å². The summed E-state index contributed by atoms with van der Waals surface area (Å²) in [4.78, 5) is 24.5. The van der Waals surface area contributed by atoms with Crippen molar-refractivity contribution in [1.82, 2.24) is 4.57 Å². The summed E-state index contributed by atoms with van der Waals surface area (Å²) in [6.07, 6.45) is 0. The normalized spacial score (nSPS) is 13.0. The number of para-hydroxylation sites is 2. The van der Waals surface area contributed by atoms with E-state index in [4.69, 9.17) is 9.15 Å². The number of oxazole rings is 1. The van der Waals surface area contributed by atoms with Crippen molar-refractivity contribution in [2.24, 2.45) is 0 Å². The van der Waals surface area contributed by atoms with Crippen LogP contribution < -0.4 is 10.5 Å². The van der Waals surface area contributed by atoms with E-state index < -0.39 is 17.8 Å². The monoisotopic (exact) mass is 339 g/mol. The first kappa shape index (κ1) is 17.0. The number of nitrogens with zero attached hydrogens (tertiary/aromatic N) is 1. The lowest BCUT2D eigenvalue weighted by Crippen LogP contribution is -2.28. The summed E-state index contributed by atoms with van der Waals surface area (Å²) in [6.45, 7) is 7.97. The van der Waals surface area contributed by atoms with Crippen LogP contribution in [0.3, 0.4) is 0 Å². The SMILES string of the molecule is CC(C(=O)Oc1ccc(C(C)(C)C)cc1)n1c(=O)oc2ccccc21. The fourth-order valence-corrected chi connectivity index (χ4v) is 2.68. The molecule has 2 aromatic carbocycles. The lowest BCUT2D eigenvalue weighted by atomic mass is 9.87. The Labute approximate surface area is 145 Å². The van der Waals surface area contributed by atoms with Gasteiger partial charge >= 0.3 is 11.7 Å². The molecule has 1 heterocycles. The van der Waals surface area contributed by atoms with Crippen LogP contribution in [0.4, 0.5) is 0 Å². The molecule has 0 aliphatic carbocycles. The molecule has 0 amide bonds. The number of esters is 1. The zero-order valence-electron chi connectivity index (χ0n) is 14.8. The quantitative estimate of drug-likeness (QED) is 0.533. The second-order valence-corrected chi connectivity index (χ2v) is 7.08. The van der Waals surface area contributed by atoms with Crippen LogP contribution in [0.1, 0.15) is 39.3 Å². The Morgan fingerprint density at radius 1 is 1.08 bits per heavy atom. The number of carbonyl (C=O) groups excluding carboxylic acids is 1. The molecule has 0 saturated carbocycles. The molecule has 5 heteroatoms. The first-order chi connectivity index (χ1) is 11.8. The van der Waals surface area contributed by atoms with Crippen molar-refractivity contribution in [3.05, 3.63) is 64.6 Å². The van der Waals surface area contributed by atoms with Crippen LogP contribution in [0.15, 0.2) is 57.7 Å². The molecule has 130 valence electrons. The smallest absolute Gasteiger partial charge is 0.420 e. The van der Waals surface area contributed by atoms with E-state index in [1.807, 2.05) is 12.1 Å². The standard InChI is InChI=1S/C20H21NO4/c1-13(21-16-7-5-6-8-17(16)25-19(21)23)18(22)24-15-11-9-14(10-12-15)20(2,3)4/h5-13H,1-4H3. The Kier molecular flexibility index (Phi) is 4.25. The van der Waals surface area contributed by atoms with Crippen LogP contribution in [0.2, 0.25) is 0 Å². The summed E-state index contributed by atoms with van der Waals surface area (Å²) in [5.41, 5.74) is 2.19. The van der Waals surface area contributed by atoms with E-state index in [2.05, 4.69) is 20.8 Å². The first-order valence-electron chi connectivity index (χ1n) is 8.19. The molecule has 5 nitrogen and oxygen atoms in total. The molecule has 1 aromatic heterocycles. The number of carbonyl (C=O) groups is 1. The zero-order chi connectivity index (χ0) is 18.2. The first-order valence-corrected chi connectivity index (χ1v) is 8.19. The van der Waals surface area contributed by atoms with Crippen LogP contribution in [-0.2, 0) is 10.2 Å². The van der Waals surface area contributed by atoms with Crippen molar-refractivity contribution in [1.29, 1.82) is 0 Å². The highest BCUT2D eigenvalue weighted by Gasteiger charge is 2.23. The third-order valence-electron chi connectivity index (χ3n) is 4.19. The van der Waals surface area contributed by atoms with Crippen LogP contribution in [0.5, 0.6) is 5.75 Å². The molecule has 3 rings (SSSR count). The summed E-state index contributed by atoms with van der Waals surface area (Å²) in [5.74, 6) is -0.642. The van der Waals surface area contributed by atoms with Gasteiger partial charge in [-0.3, -0.25) is 4.57 Å². The van der Waals surface area contributed by atoms with Crippen molar-refractivity contribution in [3.63, 3.8) is 0 Å². The number of hydrogen-bond acceptors (Lipinski definition) is 4. The van der Waals surface area contributed by atoms with Gasteiger partial charge in [0, 0.05) is 0 Å². The fourth-order valence-electron chi connectivity index (χ4n) is 2.68. The van der Waals surface area contributed by atoms with Gasteiger partial charge in [0.15, 0.2) is 5.58 Å². The lowest BCUT2D eigenvalue weighted by molar-refractivity contribution is -0.137. The molecule has 0 bridgehead atoms. The molecular weight excluding hydrogens is 318 g/mol. The van der Waals surface area contributed by atoms with Crippen LogP contribution in [0, 0.1) is 0 Å². The molecule has 0 N–H and O–H groups in total. The molecular formula is C20H21NO4. The van der Waals surface area contributed by atoms with E-state index in [9.17, 15) is 9.59 Å². The Morgan fingerprint density at radius 2 is 1.72 bits per heavy atom. The Bertz CT molecular complexity index is 958. The van der Waals surface area contributed by atoms with Crippen molar-refractivity contribution in [2.45, 2.75) is 39.2 Å². The topological polar surface area (TPSA) is 61.4 Å². The highest BCUT2D eigenvalue weighted by Crippen LogP contribution is 2.25. The Hall–Kier alpha value is -2.82. The third-order valence-corrected chi connectivity index (χ3v) is 4.19. The second-order valence-electron chi connectivity index (χ2n) is 7.08. The fraction of sp³-hybridized carbons (Fsp3) is 0.300. The number of hydrogen-bond donors (Lipinski definition) is 0. The van der Waals surface area contributed by atoms with E-state index in [1.165, 1.54) is 4.57 Å². The molecule has 0 saturated heterocycles. The minimum absolute atomic E-state index is 0.0266.